The highest BCUT2D eigenvalue weighted by Gasteiger charge is 2.13. The summed E-state index contributed by atoms with van der Waals surface area (Å²) in [6.45, 7) is 2.48. The Morgan fingerprint density at radius 1 is 1.42 bits per heavy atom. The molecule has 0 saturated heterocycles. The summed E-state index contributed by atoms with van der Waals surface area (Å²) < 4.78 is 5.47. The average molecular weight is 260 g/mol. The van der Waals surface area contributed by atoms with E-state index >= 15 is 0 Å². The molecule has 0 aliphatic carbocycles. The lowest BCUT2D eigenvalue weighted by Gasteiger charge is -2.17. The second-order valence-corrected chi connectivity index (χ2v) is 5.02. The Kier molecular flexibility index (Phi) is 4.22. The number of carbonyl (C=O) groups excluding carboxylic acids is 1. The predicted molar refractivity (Wildman–Crippen MR) is 75.6 cm³/mol. The van der Waals surface area contributed by atoms with Crippen molar-refractivity contribution in [2.75, 3.05) is 7.05 Å². The summed E-state index contributed by atoms with van der Waals surface area (Å²) in [7, 11) is 1.81. The van der Waals surface area contributed by atoms with Crippen LogP contribution in [-0.2, 0) is 11.3 Å². The number of rotatable bonds is 5. The molecule has 1 amide bonds. The molecule has 1 aromatic heterocycles. The molecule has 4 heteroatoms. The van der Waals surface area contributed by atoms with E-state index in [9.17, 15) is 4.79 Å². The van der Waals surface area contributed by atoms with E-state index in [4.69, 9.17) is 10.2 Å². The standard InChI is InChI=1S/C15H20N2O2/c1-11(16)7-8-15(18)17(2)9-12-10-19-14-6-4-3-5-13(12)14/h3-6,10-11H,7-9,16H2,1-2H3. The Morgan fingerprint density at radius 2 is 2.16 bits per heavy atom. The molecule has 2 rings (SSSR count). The predicted octanol–water partition coefficient (Wildman–Crippen LogP) is 2.52. The van der Waals surface area contributed by atoms with Crippen molar-refractivity contribution in [1.29, 1.82) is 0 Å². The van der Waals surface area contributed by atoms with Gasteiger partial charge < -0.3 is 15.1 Å². The van der Waals surface area contributed by atoms with Crippen molar-refractivity contribution >= 4 is 16.9 Å². The first-order valence-electron chi connectivity index (χ1n) is 6.52. The molecule has 2 N–H and O–H groups in total. The van der Waals surface area contributed by atoms with Gasteiger partial charge in [0.2, 0.25) is 5.91 Å². The fourth-order valence-electron chi connectivity index (χ4n) is 2.04. The molecule has 0 fully saturated rings. The molecule has 0 saturated carbocycles. The minimum atomic E-state index is 0.0621. The number of fused-ring (bicyclic) bond motifs is 1. The lowest BCUT2D eigenvalue weighted by atomic mass is 10.1. The number of nitrogens with zero attached hydrogens (tertiary/aromatic N) is 1. The second kappa shape index (κ2) is 5.89. The van der Waals surface area contributed by atoms with Crippen molar-refractivity contribution in [3.05, 3.63) is 36.1 Å². The Balaban J connectivity index is 2.02. The molecule has 19 heavy (non-hydrogen) atoms. The number of hydrogen-bond acceptors (Lipinski definition) is 3. The maximum Gasteiger partial charge on any atom is 0.222 e. The highest BCUT2D eigenvalue weighted by atomic mass is 16.3. The maximum absolute atomic E-state index is 11.9. The van der Waals surface area contributed by atoms with Crippen LogP contribution in [0.4, 0.5) is 0 Å². The van der Waals surface area contributed by atoms with E-state index in [2.05, 4.69) is 0 Å². The van der Waals surface area contributed by atoms with Crippen LogP contribution >= 0.6 is 0 Å². The summed E-state index contributed by atoms with van der Waals surface area (Å²) >= 11 is 0. The lowest BCUT2D eigenvalue weighted by Crippen LogP contribution is -2.27. The van der Waals surface area contributed by atoms with Crippen LogP contribution < -0.4 is 5.73 Å². The summed E-state index contributed by atoms with van der Waals surface area (Å²) in [5, 5.41) is 1.06. The maximum atomic E-state index is 11.9. The van der Waals surface area contributed by atoms with E-state index in [-0.39, 0.29) is 11.9 Å². The van der Waals surface area contributed by atoms with Gasteiger partial charge in [0.1, 0.15) is 5.58 Å². The van der Waals surface area contributed by atoms with E-state index < -0.39 is 0 Å². The van der Waals surface area contributed by atoms with Gasteiger partial charge in [0.05, 0.1) is 6.26 Å². The van der Waals surface area contributed by atoms with E-state index in [1.54, 1.807) is 11.2 Å². The van der Waals surface area contributed by atoms with Gasteiger partial charge in [-0.25, -0.2) is 0 Å². The van der Waals surface area contributed by atoms with Gasteiger partial charge in [-0.05, 0) is 19.4 Å². The van der Waals surface area contributed by atoms with E-state index in [0.29, 0.717) is 13.0 Å². The normalized spacial score (nSPS) is 12.6. The molecular weight excluding hydrogens is 240 g/mol. The van der Waals surface area contributed by atoms with Gasteiger partial charge >= 0.3 is 0 Å². The number of amides is 1. The van der Waals surface area contributed by atoms with Crippen molar-refractivity contribution in [1.82, 2.24) is 4.90 Å². The smallest absolute Gasteiger partial charge is 0.222 e. The van der Waals surface area contributed by atoms with Crippen LogP contribution in [0.5, 0.6) is 0 Å². The van der Waals surface area contributed by atoms with Gasteiger partial charge in [-0.1, -0.05) is 18.2 Å². The molecule has 0 spiro atoms. The van der Waals surface area contributed by atoms with Crippen LogP contribution in [0.3, 0.4) is 0 Å². The third-order valence-electron chi connectivity index (χ3n) is 3.21. The SMILES string of the molecule is CC(N)CCC(=O)N(C)Cc1coc2ccccc12. The first kappa shape index (κ1) is 13.6. The fraction of sp³-hybridized carbons (Fsp3) is 0.400. The Bertz CT molecular complexity index is 560. The largest absolute Gasteiger partial charge is 0.464 e. The van der Waals surface area contributed by atoms with Gasteiger partial charge in [0.15, 0.2) is 0 Å². The lowest BCUT2D eigenvalue weighted by molar-refractivity contribution is -0.130. The number of para-hydroxylation sites is 1. The highest BCUT2D eigenvalue weighted by Crippen LogP contribution is 2.21. The molecule has 4 nitrogen and oxygen atoms in total. The van der Waals surface area contributed by atoms with E-state index in [0.717, 1.165) is 23.0 Å². The zero-order chi connectivity index (χ0) is 13.8. The van der Waals surface area contributed by atoms with Crippen LogP contribution in [0.15, 0.2) is 34.9 Å². The molecule has 1 aromatic carbocycles. The van der Waals surface area contributed by atoms with Gasteiger partial charge in [-0.2, -0.15) is 0 Å². The summed E-state index contributed by atoms with van der Waals surface area (Å²) in [5.74, 6) is 0.114. The first-order valence-corrected chi connectivity index (χ1v) is 6.52. The van der Waals surface area contributed by atoms with Crippen LogP contribution in [-0.4, -0.2) is 23.9 Å². The molecule has 0 aliphatic heterocycles. The third-order valence-corrected chi connectivity index (χ3v) is 3.21. The summed E-state index contributed by atoms with van der Waals surface area (Å²) in [6, 6.07) is 7.91. The zero-order valence-corrected chi connectivity index (χ0v) is 11.4. The Morgan fingerprint density at radius 3 is 2.89 bits per heavy atom. The molecule has 0 aliphatic rings. The second-order valence-electron chi connectivity index (χ2n) is 5.02. The van der Waals surface area contributed by atoms with E-state index in [1.807, 2.05) is 38.2 Å². The van der Waals surface area contributed by atoms with Crippen LogP contribution in [0.25, 0.3) is 11.0 Å². The molecular formula is C15H20N2O2. The Hall–Kier alpha value is -1.81. The van der Waals surface area contributed by atoms with Gasteiger partial charge in [-0.3, -0.25) is 4.79 Å². The summed E-state index contributed by atoms with van der Waals surface area (Å²) in [5.41, 5.74) is 7.56. The Labute approximate surface area is 113 Å². The van der Waals surface area contributed by atoms with Crippen LogP contribution in [0, 0.1) is 0 Å². The van der Waals surface area contributed by atoms with Gasteiger partial charge in [-0.15, -0.1) is 0 Å². The highest BCUT2D eigenvalue weighted by molar-refractivity contribution is 5.82. The molecule has 1 heterocycles. The summed E-state index contributed by atoms with van der Waals surface area (Å²) in [4.78, 5) is 13.7. The molecule has 102 valence electrons. The molecule has 0 radical (unpaired) electrons. The molecule has 0 bridgehead atoms. The first-order chi connectivity index (χ1) is 9.08. The van der Waals surface area contributed by atoms with Gasteiger partial charge in [0, 0.05) is 37.0 Å². The molecule has 1 atom stereocenters. The third kappa shape index (κ3) is 3.35. The monoisotopic (exact) mass is 260 g/mol. The fourth-order valence-corrected chi connectivity index (χ4v) is 2.04. The molecule has 1 unspecified atom stereocenters. The topological polar surface area (TPSA) is 59.5 Å². The van der Waals surface area contributed by atoms with Crippen molar-refractivity contribution in [3.63, 3.8) is 0 Å². The number of furan rings is 1. The van der Waals surface area contributed by atoms with Crippen LogP contribution in [0.2, 0.25) is 0 Å². The number of hydrogen-bond donors (Lipinski definition) is 1. The van der Waals surface area contributed by atoms with Gasteiger partial charge in [0.25, 0.3) is 0 Å². The van der Waals surface area contributed by atoms with Crippen molar-refractivity contribution in [3.8, 4) is 0 Å². The van der Waals surface area contributed by atoms with Crippen LogP contribution in [0.1, 0.15) is 25.3 Å². The number of carbonyl (C=O) groups is 1. The number of nitrogens with two attached hydrogens (primary N) is 1. The van der Waals surface area contributed by atoms with Crippen molar-refractivity contribution < 1.29 is 9.21 Å². The molecule has 2 aromatic rings. The minimum absolute atomic E-state index is 0.0621. The quantitative estimate of drug-likeness (QED) is 0.898. The van der Waals surface area contributed by atoms with Crippen molar-refractivity contribution in [2.24, 2.45) is 5.73 Å². The van der Waals surface area contributed by atoms with E-state index in [1.165, 1.54) is 0 Å². The minimum Gasteiger partial charge on any atom is -0.464 e. The number of benzene rings is 1. The average Bonchev–Trinajstić information content (AvgIpc) is 2.79. The van der Waals surface area contributed by atoms with Crippen molar-refractivity contribution in [2.45, 2.75) is 32.4 Å². The summed E-state index contributed by atoms with van der Waals surface area (Å²) in [6.07, 6.45) is 2.93. The zero-order valence-electron chi connectivity index (χ0n) is 11.4.